The fourth-order valence-corrected chi connectivity index (χ4v) is 10.4. The summed E-state index contributed by atoms with van der Waals surface area (Å²) in [4.78, 5) is 26.7. The third-order valence-electron chi connectivity index (χ3n) is 15.8. The van der Waals surface area contributed by atoms with Gasteiger partial charge < -0.3 is 45.1 Å². The molecule has 11 nitrogen and oxygen atoms in total. The van der Waals surface area contributed by atoms with Gasteiger partial charge in [-0.15, -0.1) is 0 Å². The second-order valence-electron chi connectivity index (χ2n) is 23.5. The maximum absolute atomic E-state index is 13.5. The minimum absolute atomic E-state index is 0.107. The van der Waals surface area contributed by atoms with Crippen molar-refractivity contribution in [3.8, 4) is 0 Å². The Morgan fingerprint density at radius 3 is 1.31 bits per heavy atom. The second-order valence-corrected chi connectivity index (χ2v) is 23.5. The second kappa shape index (κ2) is 59.2. The highest BCUT2D eigenvalue weighted by molar-refractivity contribution is 5.80. The van der Waals surface area contributed by atoms with Crippen LogP contribution in [0.1, 0.15) is 297 Å². The highest BCUT2D eigenvalue weighted by atomic mass is 16.7. The van der Waals surface area contributed by atoms with Gasteiger partial charge in [-0.25, -0.2) is 0 Å². The van der Waals surface area contributed by atoms with Gasteiger partial charge in [0.25, 0.3) is 0 Å². The molecule has 1 aliphatic heterocycles. The van der Waals surface area contributed by atoms with Gasteiger partial charge in [-0.05, 0) is 96.3 Å². The summed E-state index contributed by atoms with van der Waals surface area (Å²) in [5.41, 5.74) is 0. The topological polar surface area (TPSA) is 175 Å². The summed E-state index contributed by atoms with van der Waals surface area (Å²) in [5, 5.41) is 57.2. The number of allylic oxidation sites excluding steroid dienone is 13. The van der Waals surface area contributed by atoms with Crippen LogP contribution in [0.25, 0.3) is 0 Å². The fraction of sp³-hybridized carbons (Fsp3) is 0.778. The molecule has 1 fully saturated rings. The van der Waals surface area contributed by atoms with Gasteiger partial charge in [-0.1, -0.05) is 279 Å². The standard InChI is InChI=1S/C72H127NO10/c1-4-7-10-13-16-19-22-25-27-29-31-32-33-34-35-37-39-42-45-48-51-54-57-60-67(77)83-70-69(79)68(78)66(61-74)82-72(70)81-62-63(64(75)58-55-52-49-46-43-40-24-21-18-15-12-9-6-3)73-71(80)65(76)59-56-53-50-47-44-41-38-36-30-28-26-23-20-17-14-11-8-5-2/h7,10,16,19,25-28,31-32,34-35,55,58,63-66,68-70,72,74-76,78-79H,4-6,8-9,11-15,17-18,20-24,29-30,33,36-54,56-57,59-62H2,1-3H3,(H,73,80)/b10-7-,19-16-,27-25-,28-26+,32-31-,35-34-,58-55+. The molecule has 11 heteroatoms. The molecule has 0 aliphatic carbocycles. The molecule has 1 amide bonds. The van der Waals surface area contributed by atoms with Crippen LogP contribution in [0.4, 0.5) is 0 Å². The lowest BCUT2D eigenvalue weighted by Crippen LogP contribution is -2.61. The summed E-state index contributed by atoms with van der Waals surface area (Å²) in [7, 11) is 0. The minimum atomic E-state index is -1.62. The van der Waals surface area contributed by atoms with Crippen molar-refractivity contribution in [1.82, 2.24) is 5.32 Å². The number of hydrogen-bond donors (Lipinski definition) is 6. The van der Waals surface area contributed by atoms with E-state index in [-0.39, 0.29) is 19.4 Å². The SMILES string of the molecule is CC/C=C\C/C=C\C/C=C\C/C=C\C/C=C\CCCCCCCCCC(=O)OC1C(OCC(NC(=O)C(O)CCCCCCCCCC/C=C/CCCCCCCC)C(O)/C=C/CCCCCCCCCCCCC)OC(CO)C(O)C1O. The van der Waals surface area contributed by atoms with Gasteiger partial charge in [-0.2, -0.15) is 0 Å². The number of amides is 1. The highest BCUT2D eigenvalue weighted by Gasteiger charge is 2.47. The summed E-state index contributed by atoms with van der Waals surface area (Å²) >= 11 is 0. The van der Waals surface area contributed by atoms with Crippen LogP contribution in [0.5, 0.6) is 0 Å². The first kappa shape index (κ1) is 77.9. The Bertz CT molecular complexity index is 1670. The van der Waals surface area contributed by atoms with Crippen LogP contribution in [0, 0.1) is 0 Å². The Morgan fingerprint density at radius 1 is 0.482 bits per heavy atom. The van der Waals surface area contributed by atoms with Crippen LogP contribution in [0.15, 0.2) is 85.1 Å². The summed E-state index contributed by atoms with van der Waals surface area (Å²) < 4.78 is 17.7. The first-order valence-electron chi connectivity index (χ1n) is 34.4. The molecule has 0 spiro atoms. The van der Waals surface area contributed by atoms with Crippen molar-refractivity contribution in [3.05, 3.63) is 85.1 Å². The van der Waals surface area contributed by atoms with E-state index in [1.807, 2.05) is 6.08 Å². The number of aliphatic hydroxyl groups is 5. The first-order valence-corrected chi connectivity index (χ1v) is 34.4. The summed E-state index contributed by atoms with van der Waals surface area (Å²) in [6.45, 7) is 5.69. The fourth-order valence-electron chi connectivity index (χ4n) is 10.4. The molecular formula is C72H127NO10. The van der Waals surface area contributed by atoms with E-state index < -0.39 is 67.4 Å². The molecule has 0 radical (unpaired) electrons. The highest BCUT2D eigenvalue weighted by Crippen LogP contribution is 2.26. The molecule has 0 aromatic heterocycles. The Morgan fingerprint density at radius 2 is 0.867 bits per heavy atom. The van der Waals surface area contributed by atoms with Crippen molar-refractivity contribution in [2.45, 2.75) is 346 Å². The van der Waals surface area contributed by atoms with Crippen molar-refractivity contribution < 1.29 is 49.3 Å². The molecule has 83 heavy (non-hydrogen) atoms. The molecule has 0 saturated carbocycles. The summed E-state index contributed by atoms with van der Waals surface area (Å²) in [6, 6.07) is -1.03. The Kier molecular flexibility index (Phi) is 55.5. The molecule has 6 N–H and O–H groups in total. The number of carbonyl (C=O) groups excluding carboxylic acids is 2. The maximum Gasteiger partial charge on any atom is 0.306 e. The van der Waals surface area contributed by atoms with E-state index in [0.29, 0.717) is 12.8 Å². The zero-order chi connectivity index (χ0) is 60.3. The van der Waals surface area contributed by atoms with E-state index in [9.17, 15) is 35.1 Å². The van der Waals surface area contributed by atoms with Crippen LogP contribution >= 0.6 is 0 Å². The summed E-state index contributed by atoms with van der Waals surface area (Å²) in [6.07, 6.45) is 67.5. The quantitative estimate of drug-likeness (QED) is 0.0195. The van der Waals surface area contributed by atoms with Crippen LogP contribution in [-0.2, 0) is 23.8 Å². The average Bonchev–Trinajstić information content (AvgIpc) is 3.50. The van der Waals surface area contributed by atoms with E-state index >= 15 is 0 Å². The van der Waals surface area contributed by atoms with Gasteiger partial charge >= 0.3 is 5.97 Å². The van der Waals surface area contributed by atoms with Crippen LogP contribution < -0.4 is 5.32 Å². The molecule has 1 aliphatic rings. The van der Waals surface area contributed by atoms with Crippen molar-refractivity contribution in [1.29, 1.82) is 0 Å². The van der Waals surface area contributed by atoms with E-state index in [4.69, 9.17) is 14.2 Å². The van der Waals surface area contributed by atoms with Gasteiger partial charge in [0.1, 0.15) is 24.4 Å². The lowest BCUT2D eigenvalue weighted by Gasteiger charge is -2.41. The van der Waals surface area contributed by atoms with Crippen molar-refractivity contribution in [2.24, 2.45) is 0 Å². The number of carbonyl (C=O) groups is 2. The predicted molar refractivity (Wildman–Crippen MR) is 347 cm³/mol. The lowest BCUT2D eigenvalue weighted by atomic mass is 9.99. The number of rotatable bonds is 58. The van der Waals surface area contributed by atoms with Crippen LogP contribution in [0.2, 0.25) is 0 Å². The molecule has 0 aromatic carbocycles. The largest absolute Gasteiger partial charge is 0.454 e. The molecule has 8 atom stereocenters. The van der Waals surface area contributed by atoms with Crippen LogP contribution in [-0.4, -0.2) is 99.6 Å². The number of aliphatic hydroxyl groups excluding tert-OH is 5. The monoisotopic (exact) mass is 1170 g/mol. The number of nitrogens with one attached hydrogen (secondary N) is 1. The Labute approximate surface area is 508 Å². The van der Waals surface area contributed by atoms with E-state index in [0.717, 1.165) is 122 Å². The van der Waals surface area contributed by atoms with Crippen molar-refractivity contribution >= 4 is 11.9 Å². The zero-order valence-corrected chi connectivity index (χ0v) is 53.3. The third kappa shape index (κ3) is 46.7. The van der Waals surface area contributed by atoms with E-state index in [1.54, 1.807) is 6.08 Å². The van der Waals surface area contributed by atoms with Gasteiger partial charge in [0.05, 0.1) is 25.4 Å². The minimum Gasteiger partial charge on any atom is -0.454 e. The lowest BCUT2D eigenvalue weighted by molar-refractivity contribution is -0.305. The zero-order valence-electron chi connectivity index (χ0n) is 53.3. The number of unbranched alkanes of at least 4 members (excludes halogenated alkanes) is 32. The molecular weight excluding hydrogens is 1040 g/mol. The molecule has 480 valence electrons. The van der Waals surface area contributed by atoms with E-state index in [2.05, 4.69) is 99.0 Å². The maximum atomic E-state index is 13.5. The third-order valence-corrected chi connectivity index (χ3v) is 15.8. The van der Waals surface area contributed by atoms with Crippen molar-refractivity contribution in [3.63, 3.8) is 0 Å². The first-order chi connectivity index (χ1) is 40.7. The summed E-state index contributed by atoms with van der Waals surface area (Å²) in [5.74, 6) is -1.21. The molecule has 0 aromatic rings. The molecule has 1 rings (SSSR count). The number of hydrogen-bond acceptors (Lipinski definition) is 10. The smallest absolute Gasteiger partial charge is 0.306 e. The number of esters is 1. The molecule has 1 heterocycles. The molecule has 0 bridgehead atoms. The Balaban J connectivity index is 2.63. The van der Waals surface area contributed by atoms with E-state index in [1.165, 1.54) is 128 Å². The van der Waals surface area contributed by atoms with Gasteiger partial charge in [-0.3, -0.25) is 9.59 Å². The molecule has 1 saturated heterocycles. The van der Waals surface area contributed by atoms with Gasteiger partial charge in [0.2, 0.25) is 5.91 Å². The van der Waals surface area contributed by atoms with Crippen molar-refractivity contribution in [2.75, 3.05) is 13.2 Å². The average molecular weight is 1170 g/mol. The number of ether oxygens (including phenoxy) is 3. The predicted octanol–water partition coefficient (Wildman–Crippen LogP) is 17.3. The Hall–Kier alpha value is -3.16. The molecule has 8 unspecified atom stereocenters. The van der Waals surface area contributed by atoms with Crippen LogP contribution in [0.3, 0.4) is 0 Å². The van der Waals surface area contributed by atoms with Gasteiger partial charge in [0.15, 0.2) is 12.4 Å². The van der Waals surface area contributed by atoms with Gasteiger partial charge in [0, 0.05) is 6.42 Å². The normalized spacial score (nSPS) is 19.1.